The number of aliphatic imine (C=N–C) groups is 1. The average Bonchev–Trinajstić information content (AvgIpc) is 2.45. The molecule has 98 valence electrons. The lowest BCUT2D eigenvalue weighted by molar-refractivity contribution is 0.570. The SMILES string of the molecule is CCc1cccnc1CN=C1NC(CC)CCS1. The molecule has 1 aromatic heterocycles. The minimum atomic E-state index is 0.597. The first-order valence-corrected chi connectivity index (χ1v) is 7.68. The van der Waals surface area contributed by atoms with Crippen molar-refractivity contribution in [3.63, 3.8) is 0 Å². The van der Waals surface area contributed by atoms with Gasteiger partial charge in [-0.25, -0.2) is 0 Å². The van der Waals surface area contributed by atoms with Gasteiger partial charge in [0.05, 0.1) is 12.2 Å². The summed E-state index contributed by atoms with van der Waals surface area (Å²) in [7, 11) is 0. The van der Waals surface area contributed by atoms with Gasteiger partial charge in [-0.15, -0.1) is 0 Å². The van der Waals surface area contributed by atoms with Gasteiger partial charge >= 0.3 is 0 Å². The number of thioether (sulfide) groups is 1. The van der Waals surface area contributed by atoms with E-state index in [4.69, 9.17) is 0 Å². The lowest BCUT2D eigenvalue weighted by atomic mass is 10.1. The summed E-state index contributed by atoms with van der Waals surface area (Å²) in [6, 6.07) is 4.73. The van der Waals surface area contributed by atoms with Crippen molar-refractivity contribution in [3.05, 3.63) is 29.6 Å². The van der Waals surface area contributed by atoms with E-state index in [1.54, 1.807) is 0 Å². The molecular formula is C14H21N3S. The summed E-state index contributed by atoms with van der Waals surface area (Å²) in [6.07, 6.45) is 5.28. The molecule has 2 heterocycles. The molecule has 18 heavy (non-hydrogen) atoms. The Morgan fingerprint density at radius 3 is 3.17 bits per heavy atom. The van der Waals surface area contributed by atoms with E-state index in [1.807, 2.05) is 24.0 Å². The summed E-state index contributed by atoms with van der Waals surface area (Å²) in [5.41, 5.74) is 2.41. The van der Waals surface area contributed by atoms with E-state index in [2.05, 4.69) is 35.2 Å². The predicted octanol–water partition coefficient (Wildman–Crippen LogP) is 3.01. The molecular weight excluding hydrogens is 242 g/mol. The summed E-state index contributed by atoms with van der Waals surface area (Å²) in [6.45, 7) is 5.07. The molecule has 1 aromatic rings. The molecule has 1 N–H and O–H groups in total. The summed E-state index contributed by atoms with van der Waals surface area (Å²) < 4.78 is 0. The fourth-order valence-corrected chi connectivity index (χ4v) is 3.07. The topological polar surface area (TPSA) is 37.3 Å². The predicted molar refractivity (Wildman–Crippen MR) is 79.0 cm³/mol. The molecule has 1 unspecified atom stereocenters. The Bertz CT molecular complexity index is 417. The molecule has 0 amide bonds. The van der Waals surface area contributed by atoms with Crippen LogP contribution in [0, 0.1) is 0 Å². The van der Waals surface area contributed by atoms with Crippen LogP contribution in [-0.4, -0.2) is 21.9 Å². The van der Waals surface area contributed by atoms with Crippen molar-refractivity contribution < 1.29 is 0 Å². The molecule has 0 spiro atoms. The van der Waals surface area contributed by atoms with Gasteiger partial charge in [-0.1, -0.05) is 31.7 Å². The molecule has 1 aliphatic heterocycles. The Balaban J connectivity index is 2.01. The summed E-state index contributed by atoms with van der Waals surface area (Å²) in [4.78, 5) is 9.10. The molecule has 0 saturated carbocycles. The minimum absolute atomic E-state index is 0.597. The van der Waals surface area contributed by atoms with Gasteiger partial charge in [0.2, 0.25) is 0 Å². The molecule has 0 aromatic carbocycles. The zero-order valence-electron chi connectivity index (χ0n) is 11.1. The molecule has 0 radical (unpaired) electrons. The fraction of sp³-hybridized carbons (Fsp3) is 0.571. The van der Waals surface area contributed by atoms with Crippen LogP contribution in [-0.2, 0) is 13.0 Å². The van der Waals surface area contributed by atoms with Crippen LogP contribution >= 0.6 is 11.8 Å². The van der Waals surface area contributed by atoms with Crippen molar-refractivity contribution in [3.8, 4) is 0 Å². The number of hydrogen-bond donors (Lipinski definition) is 1. The maximum atomic E-state index is 4.67. The lowest BCUT2D eigenvalue weighted by Gasteiger charge is -2.24. The summed E-state index contributed by atoms with van der Waals surface area (Å²) >= 11 is 1.83. The first-order valence-electron chi connectivity index (χ1n) is 6.70. The van der Waals surface area contributed by atoms with Gasteiger partial charge in [0.15, 0.2) is 5.17 Å². The van der Waals surface area contributed by atoms with Gasteiger partial charge in [0, 0.05) is 18.0 Å². The summed E-state index contributed by atoms with van der Waals surface area (Å²) in [5.74, 6) is 1.17. The van der Waals surface area contributed by atoms with Crippen molar-refractivity contribution >= 4 is 16.9 Å². The smallest absolute Gasteiger partial charge is 0.157 e. The number of nitrogens with one attached hydrogen (secondary N) is 1. The Labute approximate surface area is 113 Å². The van der Waals surface area contributed by atoms with Gasteiger partial charge in [0.25, 0.3) is 0 Å². The molecule has 3 nitrogen and oxygen atoms in total. The number of amidine groups is 1. The van der Waals surface area contributed by atoms with Crippen LogP contribution in [0.25, 0.3) is 0 Å². The minimum Gasteiger partial charge on any atom is -0.362 e. The molecule has 0 aliphatic carbocycles. The fourth-order valence-electron chi connectivity index (χ4n) is 2.07. The standard InChI is InChI=1S/C14H21N3S/c1-3-11-6-5-8-15-13(11)10-16-14-17-12(4-2)7-9-18-14/h5-6,8,12H,3-4,7,9-10H2,1-2H3,(H,16,17). The van der Waals surface area contributed by atoms with Crippen molar-refractivity contribution in [2.45, 2.75) is 45.7 Å². The highest BCUT2D eigenvalue weighted by Gasteiger charge is 2.15. The molecule has 2 rings (SSSR count). The van der Waals surface area contributed by atoms with Gasteiger partial charge in [-0.05, 0) is 30.9 Å². The highest BCUT2D eigenvalue weighted by atomic mass is 32.2. The van der Waals surface area contributed by atoms with Crippen LogP contribution in [0.5, 0.6) is 0 Å². The normalized spacial score (nSPS) is 21.9. The van der Waals surface area contributed by atoms with E-state index < -0.39 is 0 Å². The third-order valence-corrected chi connectivity index (χ3v) is 4.22. The molecule has 1 atom stereocenters. The molecule has 1 saturated heterocycles. The monoisotopic (exact) mass is 263 g/mol. The van der Waals surface area contributed by atoms with Crippen molar-refractivity contribution in [2.75, 3.05) is 5.75 Å². The largest absolute Gasteiger partial charge is 0.362 e. The molecule has 0 bridgehead atoms. The number of aromatic nitrogens is 1. The lowest BCUT2D eigenvalue weighted by Crippen LogP contribution is -2.37. The van der Waals surface area contributed by atoms with Crippen molar-refractivity contribution in [1.29, 1.82) is 0 Å². The quantitative estimate of drug-likeness (QED) is 0.907. The number of nitrogens with zero attached hydrogens (tertiary/aromatic N) is 2. The molecule has 1 fully saturated rings. The van der Waals surface area contributed by atoms with Crippen molar-refractivity contribution in [1.82, 2.24) is 10.3 Å². The Morgan fingerprint density at radius 2 is 2.39 bits per heavy atom. The summed E-state index contributed by atoms with van der Waals surface area (Å²) in [5, 5.41) is 4.58. The van der Waals surface area contributed by atoms with Crippen molar-refractivity contribution in [2.24, 2.45) is 4.99 Å². The average molecular weight is 263 g/mol. The highest BCUT2D eigenvalue weighted by Crippen LogP contribution is 2.16. The van der Waals surface area contributed by atoms with E-state index in [1.165, 1.54) is 24.2 Å². The third kappa shape index (κ3) is 3.48. The zero-order valence-corrected chi connectivity index (χ0v) is 12.0. The number of rotatable bonds is 4. The van der Waals surface area contributed by atoms with Crippen LogP contribution in [0.15, 0.2) is 23.3 Å². The maximum absolute atomic E-state index is 4.67. The highest BCUT2D eigenvalue weighted by molar-refractivity contribution is 8.13. The number of aryl methyl sites for hydroxylation is 1. The van der Waals surface area contributed by atoms with E-state index in [0.29, 0.717) is 12.6 Å². The second-order valence-electron chi connectivity index (χ2n) is 4.47. The third-order valence-electron chi connectivity index (χ3n) is 3.26. The van der Waals surface area contributed by atoms with Gasteiger partial charge in [0.1, 0.15) is 0 Å². The van der Waals surface area contributed by atoms with Crippen LogP contribution in [0.3, 0.4) is 0 Å². The van der Waals surface area contributed by atoms with Crippen LogP contribution < -0.4 is 5.32 Å². The van der Waals surface area contributed by atoms with E-state index in [0.717, 1.165) is 17.3 Å². The van der Waals surface area contributed by atoms with E-state index in [-0.39, 0.29) is 0 Å². The Kier molecular flexibility index (Phi) is 5.05. The van der Waals surface area contributed by atoms with Gasteiger partial charge in [-0.3, -0.25) is 9.98 Å². The Morgan fingerprint density at radius 1 is 1.50 bits per heavy atom. The number of hydrogen-bond acceptors (Lipinski definition) is 3. The van der Waals surface area contributed by atoms with Gasteiger partial charge < -0.3 is 5.32 Å². The molecule has 4 heteroatoms. The second-order valence-corrected chi connectivity index (χ2v) is 5.55. The van der Waals surface area contributed by atoms with E-state index in [9.17, 15) is 0 Å². The van der Waals surface area contributed by atoms with E-state index >= 15 is 0 Å². The number of pyridine rings is 1. The first-order chi connectivity index (χ1) is 8.83. The van der Waals surface area contributed by atoms with Gasteiger partial charge in [-0.2, -0.15) is 0 Å². The zero-order chi connectivity index (χ0) is 12.8. The van der Waals surface area contributed by atoms with Crippen LogP contribution in [0.4, 0.5) is 0 Å². The Hall–Kier alpha value is -1.03. The molecule has 1 aliphatic rings. The maximum Gasteiger partial charge on any atom is 0.157 e. The second kappa shape index (κ2) is 6.78. The van der Waals surface area contributed by atoms with Crippen LogP contribution in [0.1, 0.15) is 37.9 Å². The van der Waals surface area contributed by atoms with Crippen LogP contribution in [0.2, 0.25) is 0 Å². The first kappa shape index (κ1) is 13.4.